The van der Waals surface area contributed by atoms with Crippen LogP contribution in [0.1, 0.15) is 25.5 Å². The third-order valence-corrected chi connectivity index (χ3v) is 3.70. The van der Waals surface area contributed by atoms with Crippen molar-refractivity contribution in [1.29, 1.82) is 0 Å². The number of hydrogen-bond donors (Lipinski definition) is 1. The van der Waals surface area contributed by atoms with Gasteiger partial charge in [0.1, 0.15) is 6.10 Å². The Hall–Kier alpha value is -1.10. The van der Waals surface area contributed by atoms with E-state index < -0.39 is 6.04 Å². The van der Waals surface area contributed by atoms with Crippen LogP contribution in [0, 0.1) is 0 Å². The number of ether oxygens (including phenoxy) is 1. The summed E-state index contributed by atoms with van der Waals surface area (Å²) in [5.41, 5.74) is 6.60. The number of hydrogen-bond acceptors (Lipinski definition) is 3. The smallest absolute Gasteiger partial charge is 0.239 e. The van der Waals surface area contributed by atoms with E-state index in [1.54, 1.807) is 11.8 Å². The van der Waals surface area contributed by atoms with E-state index in [1.165, 1.54) is 0 Å². The first-order chi connectivity index (χ1) is 9.00. The van der Waals surface area contributed by atoms with Gasteiger partial charge in [-0.3, -0.25) is 4.79 Å². The van der Waals surface area contributed by atoms with Gasteiger partial charge in [-0.15, -0.1) is 0 Å². The number of halogens is 1. The summed E-state index contributed by atoms with van der Waals surface area (Å²) in [6.45, 7) is 4.65. The van der Waals surface area contributed by atoms with E-state index in [4.69, 9.17) is 22.1 Å². The van der Waals surface area contributed by atoms with Crippen molar-refractivity contribution in [1.82, 2.24) is 4.90 Å². The number of benzene rings is 1. The first-order valence-corrected chi connectivity index (χ1v) is 6.80. The van der Waals surface area contributed by atoms with Crippen LogP contribution in [0.2, 0.25) is 5.02 Å². The first kappa shape index (κ1) is 14.3. The Balaban J connectivity index is 2.18. The van der Waals surface area contributed by atoms with Gasteiger partial charge in [-0.1, -0.05) is 29.8 Å². The second kappa shape index (κ2) is 5.90. The van der Waals surface area contributed by atoms with Crippen molar-refractivity contribution in [2.75, 3.05) is 13.2 Å². The van der Waals surface area contributed by atoms with Crippen molar-refractivity contribution in [3.05, 3.63) is 34.9 Å². The second-order valence-corrected chi connectivity index (χ2v) is 5.38. The molecule has 1 aliphatic heterocycles. The molecule has 0 aliphatic carbocycles. The lowest BCUT2D eigenvalue weighted by molar-refractivity contribution is -0.145. The van der Waals surface area contributed by atoms with Crippen LogP contribution in [0.4, 0.5) is 0 Å². The molecule has 1 aromatic rings. The van der Waals surface area contributed by atoms with Crippen molar-refractivity contribution in [3.63, 3.8) is 0 Å². The van der Waals surface area contributed by atoms with E-state index in [9.17, 15) is 4.79 Å². The SMILES string of the molecule is CC(N)C(=O)N1CC(c2ccccc2Cl)OCC1C. The normalized spacial score (nSPS) is 25.2. The molecule has 2 N–H and O–H groups in total. The molecule has 2 rings (SSSR count). The average molecular weight is 283 g/mol. The van der Waals surface area contributed by atoms with Crippen LogP contribution in [0.25, 0.3) is 0 Å². The Morgan fingerprint density at radius 1 is 1.53 bits per heavy atom. The van der Waals surface area contributed by atoms with Crippen LogP contribution in [0.15, 0.2) is 24.3 Å². The number of carbonyl (C=O) groups is 1. The number of rotatable bonds is 2. The molecule has 0 aromatic heterocycles. The Labute approximate surface area is 118 Å². The zero-order valence-electron chi connectivity index (χ0n) is 11.2. The van der Waals surface area contributed by atoms with Gasteiger partial charge in [0.2, 0.25) is 5.91 Å². The van der Waals surface area contributed by atoms with Gasteiger partial charge in [-0.25, -0.2) is 0 Å². The molecule has 1 fully saturated rings. The van der Waals surface area contributed by atoms with E-state index in [2.05, 4.69) is 0 Å². The zero-order valence-corrected chi connectivity index (χ0v) is 11.9. The molecular weight excluding hydrogens is 264 g/mol. The van der Waals surface area contributed by atoms with Gasteiger partial charge in [0, 0.05) is 10.6 Å². The lowest BCUT2D eigenvalue weighted by Crippen LogP contribution is -2.52. The number of nitrogens with two attached hydrogens (primary N) is 1. The quantitative estimate of drug-likeness (QED) is 0.902. The van der Waals surface area contributed by atoms with Gasteiger partial charge in [-0.2, -0.15) is 0 Å². The van der Waals surface area contributed by atoms with E-state index in [0.717, 1.165) is 5.56 Å². The van der Waals surface area contributed by atoms with Crippen LogP contribution in [0.3, 0.4) is 0 Å². The third-order valence-electron chi connectivity index (χ3n) is 3.36. The fraction of sp³-hybridized carbons (Fsp3) is 0.500. The summed E-state index contributed by atoms with van der Waals surface area (Å²) in [5, 5.41) is 0.662. The monoisotopic (exact) mass is 282 g/mol. The van der Waals surface area contributed by atoms with Crippen LogP contribution >= 0.6 is 11.6 Å². The van der Waals surface area contributed by atoms with Gasteiger partial charge < -0.3 is 15.4 Å². The summed E-state index contributed by atoms with van der Waals surface area (Å²) in [7, 11) is 0. The highest BCUT2D eigenvalue weighted by atomic mass is 35.5. The van der Waals surface area contributed by atoms with Gasteiger partial charge in [-0.05, 0) is 19.9 Å². The minimum atomic E-state index is -0.493. The predicted molar refractivity (Wildman–Crippen MR) is 75.0 cm³/mol. The minimum absolute atomic E-state index is 0.0391. The lowest BCUT2D eigenvalue weighted by atomic mass is 10.1. The zero-order chi connectivity index (χ0) is 14.0. The van der Waals surface area contributed by atoms with Crippen LogP contribution in [-0.2, 0) is 9.53 Å². The predicted octanol–water partition coefficient (Wildman–Crippen LogP) is 1.98. The molecule has 3 unspecified atom stereocenters. The molecule has 1 heterocycles. The average Bonchev–Trinajstić information content (AvgIpc) is 2.39. The lowest BCUT2D eigenvalue weighted by Gasteiger charge is -2.39. The first-order valence-electron chi connectivity index (χ1n) is 6.42. The summed E-state index contributed by atoms with van der Waals surface area (Å²) in [6, 6.07) is 7.10. The van der Waals surface area contributed by atoms with Gasteiger partial charge in [0.05, 0.1) is 25.2 Å². The maximum Gasteiger partial charge on any atom is 0.239 e. The minimum Gasteiger partial charge on any atom is -0.369 e. The number of morpholine rings is 1. The standard InChI is InChI=1S/C14H19ClN2O2/c1-9-8-19-13(7-17(9)14(18)10(2)16)11-5-3-4-6-12(11)15/h3-6,9-10,13H,7-8,16H2,1-2H3. The highest BCUT2D eigenvalue weighted by Gasteiger charge is 2.32. The van der Waals surface area contributed by atoms with Crippen molar-refractivity contribution in [2.24, 2.45) is 5.73 Å². The Bertz CT molecular complexity index is 465. The summed E-state index contributed by atoms with van der Waals surface area (Å²) in [6.07, 6.45) is -0.187. The van der Waals surface area contributed by atoms with Crippen molar-refractivity contribution < 1.29 is 9.53 Å². The van der Waals surface area contributed by atoms with Crippen LogP contribution in [0.5, 0.6) is 0 Å². The van der Waals surface area contributed by atoms with E-state index in [1.807, 2.05) is 31.2 Å². The van der Waals surface area contributed by atoms with Crippen molar-refractivity contribution in [3.8, 4) is 0 Å². The third kappa shape index (κ3) is 3.08. The molecule has 1 aliphatic rings. The maximum absolute atomic E-state index is 12.1. The summed E-state index contributed by atoms with van der Waals surface area (Å²) >= 11 is 6.18. The molecule has 4 nitrogen and oxygen atoms in total. The second-order valence-electron chi connectivity index (χ2n) is 4.97. The largest absolute Gasteiger partial charge is 0.369 e. The number of amides is 1. The Morgan fingerprint density at radius 2 is 2.21 bits per heavy atom. The summed E-state index contributed by atoms with van der Waals surface area (Å²) < 4.78 is 5.80. The van der Waals surface area contributed by atoms with Crippen molar-refractivity contribution in [2.45, 2.75) is 32.0 Å². The molecule has 0 spiro atoms. The van der Waals surface area contributed by atoms with Crippen LogP contribution in [-0.4, -0.2) is 36.0 Å². The topological polar surface area (TPSA) is 55.6 Å². The molecule has 0 bridgehead atoms. The number of nitrogens with zero attached hydrogens (tertiary/aromatic N) is 1. The molecule has 5 heteroatoms. The molecule has 3 atom stereocenters. The molecule has 1 aromatic carbocycles. The molecule has 104 valence electrons. The summed E-state index contributed by atoms with van der Waals surface area (Å²) in [4.78, 5) is 13.9. The molecule has 1 amide bonds. The molecular formula is C14H19ClN2O2. The van der Waals surface area contributed by atoms with E-state index >= 15 is 0 Å². The van der Waals surface area contributed by atoms with Crippen molar-refractivity contribution >= 4 is 17.5 Å². The Morgan fingerprint density at radius 3 is 2.84 bits per heavy atom. The molecule has 0 saturated carbocycles. The van der Waals surface area contributed by atoms with Gasteiger partial charge >= 0.3 is 0 Å². The number of carbonyl (C=O) groups excluding carboxylic acids is 1. The Kier molecular flexibility index (Phi) is 4.45. The fourth-order valence-electron chi connectivity index (χ4n) is 2.25. The summed E-state index contributed by atoms with van der Waals surface area (Å²) in [5.74, 6) is -0.0483. The van der Waals surface area contributed by atoms with Gasteiger partial charge in [0.25, 0.3) is 0 Å². The van der Waals surface area contributed by atoms with Gasteiger partial charge in [0.15, 0.2) is 0 Å². The maximum atomic E-state index is 12.1. The molecule has 0 radical (unpaired) electrons. The van der Waals surface area contributed by atoms with E-state index in [0.29, 0.717) is 18.2 Å². The fourth-order valence-corrected chi connectivity index (χ4v) is 2.51. The van der Waals surface area contributed by atoms with E-state index in [-0.39, 0.29) is 18.1 Å². The van der Waals surface area contributed by atoms with Crippen LogP contribution < -0.4 is 5.73 Å². The highest BCUT2D eigenvalue weighted by molar-refractivity contribution is 6.31. The highest BCUT2D eigenvalue weighted by Crippen LogP contribution is 2.30. The molecule has 1 saturated heterocycles. The molecule has 19 heavy (non-hydrogen) atoms.